The monoisotopic (exact) mass is 395 g/mol. The number of benzene rings is 2. The molecule has 3 aromatic rings. The van der Waals surface area contributed by atoms with Crippen LogP contribution in [-0.4, -0.2) is 36.3 Å². The second-order valence-corrected chi connectivity index (χ2v) is 6.75. The van der Waals surface area contributed by atoms with Crippen LogP contribution in [0, 0.1) is 5.82 Å². The minimum atomic E-state index is -0.323. The summed E-state index contributed by atoms with van der Waals surface area (Å²) in [6.07, 6.45) is 1.99. The van der Waals surface area contributed by atoms with Gasteiger partial charge in [0, 0.05) is 25.0 Å². The Balaban J connectivity index is 1.68. The third kappa shape index (κ3) is 3.51. The molecule has 2 heterocycles. The van der Waals surface area contributed by atoms with Gasteiger partial charge in [-0.05, 0) is 42.0 Å². The number of hydrogen-bond acceptors (Lipinski definition) is 3. The largest absolute Gasteiger partial charge is 0.493 e. The molecule has 1 N–H and O–H groups in total. The maximum atomic E-state index is 13.5. The first kappa shape index (κ1) is 18.9. The average molecular weight is 395 g/mol. The van der Waals surface area contributed by atoms with Crippen molar-refractivity contribution in [3.63, 3.8) is 0 Å². The Bertz CT molecular complexity index is 1020. The maximum absolute atomic E-state index is 13.5. The predicted octanol–water partition coefficient (Wildman–Crippen LogP) is 4.28. The first-order valence-electron chi connectivity index (χ1n) is 9.31. The molecule has 6 nitrogen and oxygen atoms in total. The van der Waals surface area contributed by atoms with E-state index in [1.807, 2.05) is 18.3 Å². The van der Waals surface area contributed by atoms with Crippen molar-refractivity contribution in [1.29, 1.82) is 0 Å². The fraction of sp³-hybridized carbons (Fsp3) is 0.227. The van der Waals surface area contributed by atoms with Crippen molar-refractivity contribution in [2.75, 3.05) is 26.1 Å². The number of fused-ring (bicyclic) bond motifs is 1. The lowest BCUT2D eigenvalue weighted by Gasteiger charge is -2.37. The number of nitrogens with zero attached hydrogens (tertiary/aromatic N) is 2. The van der Waals surface area contributed by atoms with E-state index in [2.05, 4.69) is 9.88 Å². The highest BCUT2D eigenvalue weighted by Crippen LogP contribution is 2.37. The van der Waals surface area contributed by atoms with Crippen molar-refractivity contribution in [3.8, 4) is 11.5 Å². The number of carbonyl (C=O) groups is 1. The Hall–Kier alpha value is -3.48. The number of carbonyl (C=O) groups excluding carboxylic acids is 1. The lowest BCUT2D eigenvalue weighted by atomic mass is 10.0. The fourth-order valence-electron chi connectivity index (χ4n) is 3.77. The number of nitrogens with one attached hydrogen (secondary N) is 1. The van der Waals surface area contributed by atoms with E-state index in [4.69, 9.17) is 9.47 Å². The van der Waals surface area contributed by atoms with Crippen molar-refractivity contribution >= 4 is 11.7 Å². The van der Waals surface area contributed by atoms with Crippen LogP contribution in [0.5, 0.6) is 11.5 Å². The number of amides is 2. The minimum absolute atomic E-state index is 0.265. The van der Waals surface area contributed by atoms with E-state index in [9.17, 15) is 9.18 Å². The van der Waals surface area contributed by atoms with Crippen LogP contribution < -0.4 is 14.8 Å². The van der Waals surface area contributed by atoms with Gasteiger partial charge in [0.05, 0.1) is 25.9 Å². The zero-order chi connectivity index (χ0) is 20.4. The van der Waals surface area contributed by atoms with E-state index < -0.39 is 0 Å². The van der Waals surface area contributed by atoms with Crippen molar-refractivity contribution in [2.45, 2.75) is 12.6 Å². The van der Waals surface area contributed by atoms with Crippen LogP contribution >= 0.6 is 0 Å². The number of halogens is 1. The molecule has 1 aliphatic rings. The maximum Gasteiger partial charge on any atom is 0.322 e. The molecule has 1 aliphatic heterocycles. The highest BCUT2D eigenvalue weighted by atomic mass is 19.1. The van der Waals surface area contributed by atoms with Gasteiger partial charge in [-0.2, -0.15) is 0 Å². The summed E-state index contributed by atoms with van der Waals surface area (Å²) in [5, 5.41) is 2.94. The van der Waals surface area contributed by atoms with Crippen LogP contribution in [0.4, 0.5) is 14.9 Å². The summed E-state index contributed by atoms with van der Waals surface area (Å²) in [6.45, 7) is 1.20. The molecule has 0 aliphatic carbocycles. The number of rotatable bonds is 4. The van der Waals surface area contributed by atoms with Gasteiger partial charge in [-0.1, -0.05) is 18.2 Å². The quantitative estimate of drug-likeness (QED) is 0.717. The summed E-state index contributed by atoms with van der Waals surface area (Å²) in [4.78, 5) is 15.0. The number of urea groups is 1. The van der Waals surface area contributed by atoms with E-state index >= 15 is 0 Å². The van der Waals surface area contributed by atoms with E-state index in [0.717, 1.165) is 11.3 Å². The molecule has 0 fully saturated rings. The van der Waals surface area contributed by atoms with Crippen molar-refractivity contribution in [3.05, 3.63) is 77.9 Å². The van der Waals surface area contributed by atoms with Gasteiger partial charge in [0.25, 0.3) is 0 Å². The molecular weight excluding hydrogens is 373 g/mol. The van der Waals surface area contributed by atoms with Gasteiger partial charge in [-0.25, -0.2) is 9.18 Å². The molecule has 2 amide bonds. The summed E-state index contributed by atoms with van der Waals surface area (Å²) >= 11 is 0. The van der Waals surface area contributed by atoms with E-state index in [1.165, 1.54) is 19.2 Å². The Labute approximate surface area is 168 Å². The third-order valence-electron chi connectivity index (χ3n) is 5.13. The van der Waals surface area contributed by atoms with Crippen LogP contribution in [0.15, 0.2) is 60.8 Å². The number of hydrogen-bond donors (Lipinski definition) is 1. The summed E-state index contributed by atoms with van der Waals surface area (Å²) in [5.74, 6) is 0.687. The molecule has 0 radical (unpaired) electrons. The number of anilines is 1. The molecule has 1 atom stereocenters. The van der Waals surface area contributed by atoms with Gasteiger partial charge in [-0.15, -0.1) is 0 Å². The second-order valence-electron chi connectivity index (χ2n) is 6.75. The van der Waals surface area contributed by atoms with Crippen LogP contribution in [-0.2, 0) is 6.54 Å². The van der Waals surface area contributed by atoms with Gasteiger partial charge in [-0.3, -0.25) is 0 Å². The molecule has 0 spiro atoms. The highest BCUT2D eigenvalue weighted by molar-refractivity contribution is 5.92. The van der Waals surface area contributed by atoms with Crippen molar-refractivity contribution < 1.29 is 18.7 Å². The van der Waals surface area contributed by atoms with Gasteiger partial charge in [0.15, 0.2) is 11.5 Å². The van der Waals surface area contributed by atoms with Crippen molar-refractivity contribution in [2.24, 2.45) is 0 Å². The van der Waals surface area contributed by atoms with Gasteiger partial charge < -0.3 is 24.3 Å². The molecule has 2 aromatic carbocycles. The molecular formula is C22H22FN3O3. The molecule has 1 unspecified atom stereocenters. The summed E-state index contributed by atoms with van der Waals surface area (Å²) < 4.78 is 26.3. The molecule has 0 bridgehead atoms. The summed E-state index contributed by atoms with van der Waals surface area (Å²) in [6, 6.07) is 14.9. The molecule has 29 heavy (non-hydrogen) atoms. The SMILES string of the molecule is COc1cccc(NC(=O)N2CCn3cccc3C2c2ccc(F)cc2)c1OC. The zero-order valence-corrected chi connectivity index (χ0v) is 16.3. The van der Waals surface area contributed by atoms with E-state index in [0.29, 0.717) is 30.3 Å². The van der Waals surface area contributed by atoms with Crippen LogP contribution in [0.2, 0.25) is 0 Å². The zero-order valence-electron chi connectivity index (χ0n) is 16.3. The molecule has 7 heteroatoms. The highest BCUT2D eigenvalue weighted by Gasteiger charge is 2.32. The molecule has 0 saturated heterocycles. The number of methoxy groups -OCH3 is 2. The minimum Gasteiger partial charge on any atom is -0.493 e. The number of para-hydroxylation sites is 1. The molecule has 4 rings (SSSR count). The molecule has 1 aromatic heterocycles. The van der Waals surface area contributed by atoms with Crippen molar-refractivity contribution in [1.82, 2.24) is 9.47 Å². The predicted molar refractivity (Wildman–Crippen MR) is 108 cm³/mol. The Morgan fingerprint density at radius 1 is 1.03 bits per heavy atom. The van der Waals surface area contributed by atoms with Crippen LogP contribution in [0.25, 0.3) is 0 Å². The van der Waals surface area contributed by atoms with Gasteiger partial charge in [0.2, 0.25) is 0 Å². The summed E-state index contributed by atoms with van der Waals surface area (Å²) in [5.41, 5.74) is 2.35. The summed E-state index contributed by atoms with van der Waals surface area (Å²) in [7, 11) is 3.08. The Morgan fingerprint density at radius 3 is 2.55 bits per heavy atom. The van der Waals surface area contributed by atoms with Gasteiger partial charge in [0.1, 0.15) is 5.82 Å². The van der Waals surface area contributed by atoms with E-state index in [1.54, 1.807) is 42.3 Å². The first-order chi connectivity index (χ1) is 14.1. The lowest BCUT2D eigenvalue weighted by Crippen LogP contribution is -2.44. The first-order valence-corrected chi connectivity index (χ1v) is 9.31. The number of ether oxygens (including phenoxy) is 2. The average Bonchev–Trinajstić information content (AvgIpc) is 3.22. The van der Waals surface area contributed by atoms with Crippen LogP contribution in [0.3, 0.4) is 0 Å². The standard InChI is InChI=1S/C22H22FN3O3/c1-28-19-7-3-5-17(21(19)29-2)24-22(27)26-14-13-25-12-4-6-18(25)20(26)15-8-10-16(23)11-9-15/h3-12,20H,13-14H2,1-2H3,(H,24,27). The molecule has 0 saturated carbocycles. The molecule has 150 valence electrons. The Kier molecular flexibility index (Phi) is 5.12. The van der Waals surface area contributed by atoms with E-state index in [-0.39, 0.29) is 17.9 Å². The lowest BCUT2D eigenvalue weighted by molar-refractivity contribution is 0.181. The normalized spacial score (nSPS) is 15.6. The Morgan fingerprint density at radius 2 is 1.83 bits per heavy atom. The smallest absolute Gasteiger partial charge is 0.322 e. The fourth-order valence-corrected chi connectivity index (χ4v) is 3.77. The second kappa shape index (κ2) is 7.87. The van der Waals surface area contributed by atoms with Crippen LogP contribution in [0.1, 0.15) is 17.3 Å². The topological polar surface area (TPSA) is 55.7 Å². The van der Waals surface area contributed by atoms with Gasteiger partial charge >= 0.3 is 6.03 Å². The third-order valence-corrected chi connectivity index (χ3v) is 5.13. The number of aromatic nitrogens is 1.